The van der Waals surface area contributed by atoms with E-state index in [1.165, 1.54) is 12.5 Å². The molecule has 2 heteroatoms. The van der Waals surface area contributed by atoms with Crippen LogP contribution in [0.3, 0.4) is 0 Å². The fourth-order valence-electron chi connectivity index (χ4n) is 3.01. The molecule has 1 saturated carbocycles. The Morgan fingerprint density at radius 3 is 2.82 bits per heavy atom. The topological polar surface area (TPSA) is 20.2 Å². The van der Waals surface area contributed by atoms with Gasteiger partial charge in [0.2, 0.25) is 0 Å². The predicted octanol–water partition coefficient (Wildman–Crippen LogP) is 3.92. The first-order valence-corrected chi connectivity index (χ1v) is 6.57. The molecule has 1 aromatic carbocycles. The summed E-state index contributed by atoms with van der Waals surface area (Å²) in [5, 5.41) is 10.9. The maximum atomic E-state index is 13.6. The second kappa shape index (κ2) is 4.77. The van der Waals surface area contributed by atoms with Gasteiger partial charge < -0.3 is 5.11 Å². The quantitative estimate of drug-likeness (QED) is 0.825. The van der Waals surface area contributed by atoms with Crippen LogP contribution in [0.5, 0.6) is 0 Å². The zero-order chi connectivity index (χ0) is 12.5. The van der Waals surface area contributed by atoms with E-state index in [0.29, 0.717) is 5.56 Å². The van der Waals surface area contributed by atoms with Gasteiger partial charge in [0, 0.05) is 0 Å². The molecule has 0 bridgehead atoms. The van der Waals surface area contributed by atoms with Crippen LogP contribution in [-0.2, 0) is 5.60 Å². The summed E-state index contributed by atoms with van der Waals surface area (Å²) in [6, 6.07) is 5.17. The minimum Gasteiger partial charge on any atom is -0.385 e. The van der Waals surface area contributed by atoms with Crippen molar-refractivity contribution in [2.24, 2.45) is 5.92 Å². The zero-order valence-electron chi connectivity index (χ0n) is 10.7. The molecule has 1 fully saturated rings. The van der Waals surface area contributed by atoms with E-state index in [4.69, 9.17) is 0 Å². The highest BCUT2D eigenvalue weighted by Crippen LogP contribution is 2.43. The highest BCUT2D eigenvalue weighted by Gasteiger charge is 2.39. The average Bonchev–Trinajstić information content (AvgIpc) is 2.33. The summed E-state index contributed by atoms with van der Waals surface area (Å²) in [6.45, 7) is 3.85. The number of benzene rings is 1. The Morgan fingerprint density at radius 1 is 1.41 bits per heavy atom. The van der Waals surface area contributed by atoms with Crippen LogP contribution >= 0.6 is 0 Å². The Hall–Kier alpha value is -0.890. The summed E-state index contributed by atoms with van der Waals surface area (Å²) in [5.41, 5.74) is 0.579. The largest absolute Gasteiger partial charge is 0.385 e. The van der Waals surface area contributed by atoms with Crippen LogP contribution < -0.4 is 0 Å². The number of hydrogen-bond acceptors (Lipinski definition) is 1. The van der Waals surface area contributed by atoms with Gasteiger partial charge in [-0.15, -0.1) is 0 Å². The standard InChI is InChI=1S/C15H21FO/c1-3-12-6-4-5-9-15(12,17)13-8-7-11(2)14(16)10-13/h7-8,10,12,17H,3-6,9H2,1-2H3. The van der Waals surface area contributed by atoms with Crippen LogP contribution in [-0.4, -0.2) is 5.11 Å². The van der Waals surface area contributed by atoms with Crippen molar-refractivity contribution >= 4 is 0 Å². The lowest BCUT2D eigenvalue weighted by Crippen LogP contribution is -2.37. The molecule has 94 valence electrons. The molecule has 0 aromatic heterocycles. The SMILES string of the molecule is CCC1CCCCC1(O)c1ccc(C)c(F)c1. The lowest BCUT2D eigenvalue weighted by atomic mass is 9.70. The molecular weight excluding hydrogens is 215 g/mol. The molecule has 0 radical (unpaired) electrons. The molecule has 0 aliphatic heterocycles. The molecule has 0 amide bonds. The molecule has 2 atom stereocenters. The third-order valence-corrected chi connectivity index (χ3v) is 4.20. The van der Waals surface area contributed by atoms with E-state index in [9.17, 15) is 9.50 Å². The highest BCUT2D eigenvalue weighted by molar-refractivity contribution is 5.29. The monoisotopic (exact) mass is 236 g/mol. The first-order chi connectivity index (χ1) is 8.08. The summed E-state index contributed by atoms with van der Waals surface area (Å²) in [4.78, 5) is 0. The van der Waals surface area contributed by atoms with Crippen molar-refractivity contribution in [3.63, 3.8) is 0 Å². The molecule has 1 aliphatic rings. The van der Waals surface area contributed by atoms with E-state index in [1.54, 1.807) is 13.0 Å². The lowest BCUT2D eigenvalue weighted by molar-refractivity contribution is -0.0559. The molecule has 1 nitrogen and oxygen atoms in total. The van der Waals surface area contributed by atoms with Crippen molar-refractivity contribution in [3.8, 4) is 0 Å². The number of rotatable bonds is 2. The van der Waals surface area contributed by atoms with E-state index < -0.39 is 5.60 Å². The van der Waals surface area contributed by atoms with E-state index in [1.807, 2.05) is 6.07 Å². The Morgan fingerprint density at radius 2 is 2.18 bits per heavy atom. The Labute approximate surface area is 103 Å². The Balaban J connectivity index is 2.37. The minimum atomic E-state index is -0.818. The van der Waals surface area contributed by atoms with Crippen molar-refractivity contribution < 1.29 is 9.50 Å². The van der Waals surface area contributed by atoms with Gasteiger partial charge in [-0.2, -0.15) is 0 Å². The number of aryl methyl sites for hydroxylation is 1. The van der Waals surface area contributed by atoms with Crippen molar-refractivity contribution in [2.45, 2.75) is 51.6 Å². The van der Waals surface area contributed by atoms with Gasteiger partial charge in [0.05, 0.1) is 5.60 Å². The number of hydrogen-bond donors (Lipinski definition) is 1. The summed E-state index contributed by atoms with van der Waals surface area (Å²) < 4.78 is 13.6. The highest BCUT2D eigenvalue weighted by atomic mass is 19.1. The van der Waals surface area contributed by atoms with Crippen molar-refractivity contribution in [2.75, 3.05) is 0 Å². The minimum absolute atomic E-state index is 0.212. The third kappa shape index (κ3) is 2.23. The second-order valence-electron chi connectivity index (χ2n) is 5.24. The van der Waals surface area contributed by atoms with Crippen LogP contribution in [0.2, 0.25) is 0 Å². The summed E-state index contributed by atoms with van der Waals surface area (Å²) in [6.07, 6.45) is 4.96. The van der Waals surface area contributed by atoms with Crippen LogP contribution in [0.15, 0.2) is 18.2 Å². The summed E-state index contributed by atoms with van der Waals surface area (Å²) >= 11 is 0. The van der Waals surface area contributed by atoms with E-state index >= 15 is 0 Å². The van der Waals surface area contributed by atoms with Gasteiger partial charge in [0.25, 0.3) is 0 Å². The fourth-order valence-corrected chi connectivity index (χ4v) is 3.01. The van der Waals surface area contributed by atoms with Crippen molar-refractivity contribution in [1.29, 1.82) is 0 Å². The van der Waals surface area contributed by atoms with Gasteiger partial charge in [-0.3, -0.25) is 0 Å². The van der Waals surface area contributed by atoms with Crippen LogP contribution in [0.4, 0.5) is 4.39 Å². The summed E-state index contributed by atoms with van der Waals surface area (Å²) in [5.74, 6) is 0.0507. The van der Waals surface area contributed by atoms with E-state index in [0.717, 1.165) is 31.2 Å². The summed E-state index contributed by atoms with van der Waals surface area (Å²) in [7, 11) is 0. The van der Waals surface area contributed by atoms with Crippen LogP contribution in [0.1, 0.15) is 50.2 Å². The van der Waals surface area contributed by atoms with Gasteiger partial charge in [-0.05, 0) is 42.9 Å². The Kier molecular flexibility index (Phi) is 3.53. The third-order valence-electron chi connectivity index (χ3n) is 4.20. The molecular formula is C15H21FO. The molecule has 1 aromatic rings. The molecule has 0 heterocycles. The van der Waals surface area contributed by atoms with Gasteiger partial charge in [-0.1, -0.05) is 38.3 Å². The smallest absolute Gasteiger partial charge is 0.126 e. The predicted molar refractivity (Wildman–Crippen MR) is 67.3 cm³/mol. The van der Waals surface area contributed by atoms with Crippen LogP contribution in [0, 0.1) is 18.7 Å². The van der Waals surface area contributed by atoms with Crippen LogP contribution in [0.25, 0.3) is 0 Å². The molecule has 0 spiro atoms. The average molecular weight is 236 g/mol. The first kappa shape index (κ1) is 12.6. The van der Waals surface area contributed by atoms with Crippen molar-refractivity contribution in [1.82, 2.24) is 0 Å². The number of aliphatic hydroxyl groups is 1. The maximum absolute atomic E-state index is 13.6. The van der Waals surface area contributed by atoms with Gasteiger partial charge in [-0.25, -0.2) is 4.39 Å². The zero-order valence-corrected chi connectivity index (χ0v) is 10.7. The van der Waals surface area contributed by atoms with Gasteiger partial charge in [0.1, 0.15) is 5.82 Å². The normalized spacial score (nSPS) is 29.3. The van der Waals surface area contributed by atoms with E-state index in [-0.39, 0.29) is 11.7 Å². The molecule has 17 heavy (non-hydrogen) atoms. The molecule has 2 unspecified atom stereocenters. The van der Waals surface area contributed by atoms with Crippen molar-refractivity contribution in [3.05, 3.63) is 35.1 Å². The molecule has 0 saturated heterocycles. The fraction of sp³-hybridized carbons (Fsp3) is 0.600. The first-order valence-electron chi connectivity index (χ1n) is 6.57. The number of halogens is 1. The molecule has 1 N–H and O–H groups in total. The second-order valence-corrected chi connectivity index (χ2v) is 5.24. The molecule has 2 rings (SSSR count). The Bertz CT molecular complexity index is 402. The maximum Gasteiger partial charge on any atom is 0.126 e. The van der Waals surface area contributed by atoms with Gasteiger partial charge >= 0.3 is 0 Å². The van der Waals surface area contributed by atoms with Gasteiger partial charge in [0.15, 0.2) is 0 Å². The molecule has 1 aliphatic carbocycles. The lowest BCUT2D eigenvalue weighted by Gasteiger charge is -2.40. The van der Waals surface area contributed by atoms with E-state index in [2.05, 4.69) is 6.92 Å².